The molecule has 0 spiro atoms. The van der Waals surface area contributed by atoms with Gasteiger partial charge in [-0.15, -0.1) is 0 Å². The van der Waals surface area contributed by atoms with E-state index in [-0.39, 0.29) is 18.5 Å². The lowest BCUT2D eigenvalue weighted by Gasteiger charge is -2.35. The fourth-order valence-corrected chi connectivity index (χ4v) is 2.57. The molecule has 1 unspecified atom stereocenters. The van der Waals surface area contributed by atoms with Crippen molar-refractivity contribution >= 4 is 17.7 Å². The van der Waals surface area contributed by atoms with Crippen LogP contribution in [0.4, 0.5) is 10.5 Å². The minimum Gasteiger partial charge on any atom is -0.481 e. The molecule has 108 valence electrons. The first kappa shape index (κ1) is 14.4. The number of carbonyl (C=O) groups is 2. The van der Waals surface area contributed by atoms with Gasteiger partial charge in [0.15, 0.2) is 0 Å². The molecule has 1 heterocycles. The van der Waals surface area contributed by atoms with Crippen molar-refractivity contribution in [3.05, 3.63) is 30.3 Å². The Balaban J connectivity index is 1.96. The molecule has 5 heteroatoms. The van der Waals surface area contributed by atoms with E-state index < -0.39 is 5.97 Å². The molecule has 1 aromatic rings. The molecule has 1 aliphatic heterocycles. The number of para-hydroxylation sites is 1. The number of urea groups is 1. The third-order valence-electron chi connectivity index (χ3n) is 3.60. The van der Waals surface area contributed by atoms with Gasteiger partial charge < -0.3 is 15.3 Å². The molecule has 1 atom stereocenters. The highest BCUT2D eigenvalue weighted by atomic mass is 16.4. The molecule has 0 aromatic heterocycles. The Morgan fingerprint density at radius 3 is 2.70 bits per heavy atom. The van der Waals surface area contributed by atoms with Crippen LogP contribution < -0.4 is 5.32 Å². The second-order valence-electron chi connectivity index (χ2n) is 5.07. The number of hydrogen-bond donors (Lipinski definition) is 2. The van der Waals surface area contributed by atoms with Crippen LogP contribution in [0.1, 0.15) is 32.1 Å². The average molecular weight is 276 g/mol. The number of hydrogen-bond acceptors (Lipinski definition) is 2. The van der Waals surface area contributed by atoms with Gasteiger partial charge in [0.2, 0.25) is 0 Å². The Morgan fingerprint density at radius 2 is 2.00 bits per heavy atom. The maximum Gasteiger partial charge on any atom is 0.322 e. The van der Waals surface area contributed by atoms with Gasteiger partial charge in [0.25, 0.3) is 0 Å². The summed E-state index contributed by atoms with van der Waals surface area (Å²) in [5.74, 6) is -0.806. The fourth-order valence-electron chi connectivity index (χ4n) is 2.57. The fraction of sp³-hybridized carbons (Fsp3) is 0.467. The average Bonchev–Trinajstić information content (AvgIpc) is 2.46. The number of rotatable bonds is 4. The molecule has 0 radical (unpaired) electrons. The Morgan fingerprint density at radius 1 is 1.25 bits per heavy atom. The van der Waals surface area contributed by atoms with E-state index in [0.29, 0.717) is 13.0 Å². The van der Waals surface area contributed by atoms with Crippen molar-refractivity contribution in [1.29, 1.82) is 0 Å². The first-order chi connectivity index (χ1) is 9.66. The lowest BCUT2D eigenvalue weighted by molar-refractivity contribution is -0.137. The Hall–Kier alpha value is -2.04. The number of likely N-dealkylation sites (tertiary alicyclic amines) is 1. The smallest absolute Gasteiger partial charge is 0.322 e. The third-order valence-corrected chi connectivity index (χ3v) is 3.60. The van der Waals surface area contributed by atoms with E-state index in [2.05, 4.69) is 5.32 Å². The molecule has 1 fully saturated rings. The summed E-state index contributed by atoms with van der Waals surface area (Å²) in [6, 6.07) is 9.21. The van der Waals surface area contributed by atoms with Crippen LogP contribution in [-0.2, 0) is 4.79 Å². The minimum absolute atomic E-state index is 0.0311. The van der Waals surface area contributed by atoms with E-state index in [1.165, 1.54) is 0 Å². The van der Waals surface area contributed by atoms with Gasteiger partial charge in [0.05, 0.1) is 0 Å². The van der Waals surface area contributed by atoms with Crippen molar-refractivity contribution in [2.24, 2.45) is 0 Å². The molecule has 0 aliphatic carbocycles. The van der Waals surface area contributed by atoms with E-state index in [9.17, 15) is 9.59 Å². The van der Waals surface area contributed by atoms with Crippen molar-refractivity contribution in [2.75, 3.05) is 11.9 Å². The van der Waals surface area contributed by atoms with Crippen molar-refractivity contribution < 1.29 is 14.7 Å². The summed E-state index contributed by atoms with van der Waals surface area (Å²) in [5.41, 5.74) is 0.764. The molecular weight excluding hydrogens is 256 g/mol. The molecule has 2 amide bonds. The Bertz CT molecular complexity index is 461. The number of piperidine rings is 1. The standard InChI is InChI=1S/C15H20N2O3/c18-14(19)10-9-13-8-4-5-11-17(13)15(20)16-12-6-2-1-3-7-12/h1-3,6-7,13H,4-5,8-11H2,(H,16,20)(H,18,19). The highest BCUT2D eigenvalue weighted by molar-refractivity contribution is 5.89. The van der Waals surface area contributed by atoms with Crippen molar-refractivity contribution in [3.8, 4) is 0 Å². The van der Waals surface area contributed by atoms with Crippen LogP contribution in [0.5, 0.6) is 0 Å². The molecule has 1 aliphatic rings. The quantitative estimate of drug-likeness (QED) is 0.888. The first-order valence-electron chi connectivity index (χ1n) is 7.01. The van der Waals surface area contributed by atoms with E-state index in [1.54, 1.807) is 4.90 Å². The summed E-state index contributed by atoms with van der Waals surface area (Å²) >= 11 is 0. The number of carboxylic acids is 1. The van der Waals surface area contributed by atoms with Gasteiger partial charge >= 0.3 is 12.0 Å². The number of benzene rings is 1. The van der Waals surface area contributed by atoms with Gasteiger partial charge in [0, 0.05) is 24.7 Å². The predicted octanol–water partition coefficient (Wildman–Crippen LogP) is 2.94. The van der Waals surface area contributed by atoms with Gasteiger partial charge in [0.1, 0.15) is 0 Å². The van der Waals surface area contributed by atoms with Crippen LogP contribution in [0, 0.1) is 0 Å². The first-order valence-corrected chi connectivity index (χ1v) is 7.01. The number of amides is 2. The van der Waals surface area contributed by atoms with E-state index in [1.807, 2.05) is 30.3 Å². The van der Waals surface area contributed by atoms with Crippen LogP contribution in [0.15, 0.2) is 30.3 Å². The maximum atomic E-state index is 12.3. The van der Waals surface area contributed by atoms with Crippen LogP contribution in [0.2, 0.25) is 0 Å². The zero-order valence-electron chi connectivity index (χ0n) is 11.4. The van der Waals surface area contributed by atoms with Gasteiger partial charge in [-0.05, 0) is 37.8 Å². The summed E-state index contributed by atoms with van der Waals surface area (Å²) in [7, 11) is 0. The highest BCUT2D eigenvalue weighted by Crippen LogP contribution is 2.22. The lowest BCUT2D eigenvalue weighted by Crippen LogP contribution is -2.46. The van der Waals surface area contributed by atoms with Crippen LogP contribution >= 0.6 is 0 Å². The van der Waals surface area contributed by atoms with E-state index in [4.69, 9.17) is 5.11 Å². The lowest BCUT2D eigenvalue weighted by atomic mass is 9.98. The molecule has 20 heavy (non-hydrogen) atoms. The normalized spacial score (nSPS) is 18.6. The number of carbonyl (C=O) groups excluding carboxylic acids is 1. The number of nitrogens with one attached hydrogen (secondary N) is 1. The van der Waals surface area contributed by atoms with Crippen LogP contribution in [0.25, 0.3) is 0 Å². The van der Waals surface area contributed by atoms with Crippen LogP contribution in [-0.4, -0.2) is 34.6 Å². The topological polar surface area (TPSA) is 69.6 Å². The molecule has 0 saturated carbocycles. The van der Waals surface area contributed by atoms with Crippen molar-refractivity contribution in [3.63, 3.8) is 0 Å². The molecule has 2 N–H and O–H groups in total. The molecular formula is C15H20N2O3. The van der Waals surface area contributed by atoms with Gasteiger partial charge in [-0.3, -0.25) is 4.79 Å². The van der Waals surface area contributed by atoms with Crippen molar-refractivity contribution in [1.82, 2.24) is 4.90 Å². The second kappa shape index (κ2) is 6.93. The van der Waals surface area contributed by atoms with E-state index >= 15 is 0 Å². The van der Waals surface area contributed by atoms with E-state index in [0.717, 1.165) is 24.9 Å². The number of anilines is 1. The molecule has 1 saturated heterocycles. The highest BCUT2D eigenvalue weighted by Gasteiger charge is 2.26. The monoisotopic (exact) mass is 276 g/mol. The summed E-state index contributed by atoms with van der Waals surface area (Å²) in [4.78, 5) is 24.8. The maximum absolute atomic E-state index is 12.3. The number of nitrogens with zero attached hydrogens (tertiary/aromatic N) is 1. The molecule has 0 bridgehead atoms. The number of carboxylic acid groups (broad SMARTS) is 1. The van der Waals surface area contributed by atoms with Gasteiger partial charge in [-0.25, -0.2) is 4.79 Å². The van der Waals surface area contributed by atoms with Gasteiger partial charge in [-0.2, -0.15) is 0 Å². The van der Waals surface area contributed by atoms with Crippen LogP contribution in [0.3, 0.4) is 0 Å². The third kappa shape index (κ3) is 3.98. The molecule has 5 nitrogen and oxygen atoms in total. The number of aliphatic carboxylic acids is 1. The largest absolute Gasteiger partial charge is 0.481 e. The SMILES string of the molecule is O=C(O)CCC1CCCCN1C(=O)Nc1ccccc1. The molecule has 2 rings (SSSR count). The van der Waals surface area contributed by atoms with Gasteiger partial charge in [-0.1, -0.05) is 18.2 Å². The van der Waals surface area contributed by atoms with Crippen molar-refractivity contribution in [2.45, 2.75) is 38.1 Å². The molecule has 1 aromatic carbocycles. The summed E-state index contributed by atoms with van der Waals surface area (Å²) in [6.07, 6.45) is 3.55. The second-order valence-corrected chi connectivity index (χ2v) is 5.07. The summed E-state index contributed by atoms with van der Waals surface area (Å²) in [5, 5.41) is 11.7. The predicted molar refractivity (Wildman–Crippen MR) is 76.7 cm³/mol. The Kier molecular flexibility index (Phi) is 4.98. The zero-order valence-corrected chi connectivity index (χ0v) is 11.4. The summed E-state index contributed by atoms with van der Waals surface area (Å²) in [6.45, 7) is 0.697. The minimum atomic E-state index is -0.806. The summed E-state index contributed by atoms with van der Waals surface area (Å²) < 4.78 is 0. The zero-order chi connectivity index (χ0) is 14.4. The Labute approximate surface area is 118 Å².